The van der Waals surface area contributed by atoms with Gasteiger partial charge in [0.05, 0.1) is 11.4 Å². The number of thioether (sulfide) groups is 1. The molecule has 0 fully saturated rings. The van der Waals surface area contributed by atoms with Crippen molar-refractivity contribution in [3.8, 4) is 5.69 Å². The molecule has 162 valence electrons. The van der Waals surface area contributed by atoms with Crippen LogP contribution in [0.1, 0.15) is 42.7 Å². The molecule has 1 aromatic heterocycles. The first kappa shape index (κ1) is 22.4. The highest BCUT2D eigenvalue weighted by Gasteiger charge is 2.26. The van der Waals surface area contributed by atoms with Gasteiger partial charge in [-0.1, -0.05) is 31.5 Å². The Morgan fingerprint density at radius 2 is 1.93 bits per heavy atom. The maximum atomic E-state index is 12.6. The third-order valence-corrected chi connectivity index (χ3v) is 6.37. The molecule has 0 bridgehead atoms. The van der Waals surface area contributed by atoms with Crippen LogP contribution < -0.4 is 10.6 Å². The van der Waals surface area contributed by atoms with Gasteiger partial charge in [0, 0.05) is 23.6 Å². The van der Waals surface area contributed by atoms with Gasteiger partial charge in [-0.05, 0) is 51.5 Å². The van der Waals surface area contributed by atoms with Gasteiger partial charge in [0.15, 0.2) is 0 Å². The lowest BCUT2D eigenvalue weighted by Crippen LogP contribution is -2.37. The largest absolute Gasteiger partial charge is 0.348 e. The van der Waals surface area contributed by atoms with Crippen molar-refractivity contribution in [1.82, 2.24) is 20.0 Å². The Morgan fingerprint density at radius 1 is 1.17 bits per heavy atom. The second kappa shape index (κ2) is 10.1. The van der Waals surface area contributed by atoms with Gasteiger partial charge >= 0.3 is 11.8 Å². The number of carbonyl (C=O) groups excluding carboxylic acids is 2. The molecular weight excluding hydrogens is 398 g/mol. The highest BCUT2D eigenvalue weighted by Crippen LogP contribution is 2.36. The van der Waals surface area contributed by atoms with Crippen molar-refractivity contribution >= 4 is 29.4 Å². The Bertz CT molecular complexity index is 920. The average Bonchev–Trinajstić information content (AvgIpc) is 3.30. The predicted molar refractivity (Wildman–Crippen MR) is 122 cm³/mol. The van der Waals surface area contributed by atoms with Crippen LogP contribution in [0.25, 0.3) is 5.69 Å². The minimum Gasteiger partial charge on any atom is -0.348 e. The molecule has 2 N–H and O–H groups in total. The van der Waals surface area contributed by atoms with E-state index in [2.05, 4.69) is 35.4 Å². The molecule has 2 amide bonds. The van der Waals surface area contributed by atoms with Crippen LogP contribution in [0.3, 0.4) is 0 Å². The van der Waals surface area contributed by atoms with Gasteiger partial charge < -0.3 is 15.5 Å². The third-order valence-electron chi connectivity index (χ3n) is 5.40. The van der Waals surface area contributed by atoms with Crippen LogP contribution in [0, 0.1) is 13.8 Å². The number of anilines is 1. The maximum absolute atomic E-state index is 12.6. The van der Waals surface area contributed by atoms with Gasteiger partial charge in [0.2, 0.25) is 0 Å². The summed E-state index contributed by atoms with van der Waals surface area (Å²) in [5, 5.41) is 10.3. The van der Waals surface area contributed by atoms with Crippen LogP contribution in [-0.2, 0) is 21.1 Å². The zero-order chi connectivity index (χ0) is 21.7. The van der Waals surface area contributed by atoms with E-state index in [0.29, 0.717) is 12.4 Å². The molecule has 0 spiro atoms. The molecule has 1 aromatic carbocycles. The molecule has 0 atom stereocenters. The fraction of sp³-hybridized carbons (Fsp3) is 0.500. The highest BCUT2D eigenvalue weighted by atomic mass is 32.2. The van der Waals surface area contributed by atoms with E-state index in [9.17, 15) is 9.59 Å². The van der Waals surface area contributed by atoms with E-state index < -0.39 is 11.8 Å². The lowest BCUT2D eigenvalue weighted by atomic mass is 10.1. The molecule has 0 aliphatic carbocycles. The number of nitrogens with zero attached hydrogens (tertiary/aromatic N) is 3. The normalized spacial score (nSPS) is 12.8. The topological polar surface area (TPSA) is 79.3 Å². The molecule has 2 heterocycles. The molecule has 8 heteroatoms. The Labute approximate surface area is 182 Å². The van der Waals surface area contributed by atoms with Gasteiger partial charge in [-0.25, -0.2) is 4.68 Å². The highest BCUT2D eigenvalue weighted by molar-refractivity contribution is 7.98. The fourth-order valence-electron chi connectivity index (χ4n) is 3.65. The van der Waals surface area contributed by atoms with Crippen LogP contribution in [0.2, 0.25) is 0 Å². The molecule has 0 radical (unpaired) electrons. The zero-order valence-corrected chi connectivity index (χ0v) is 19.1. The van der Waals surface area contributed by atoms with Crippen molar-refractivity contribution in [3.05, 3.63) is 40.6 Å². The van der Waals surface area contributed by atoms with E-state index in [1.165, 1.54) is 5.56 Å². The number of benzene rings is 1. The van der Waals surface area contributed by atoms with Crippen LogP contribution in [0.15, 0.2) is 18.2 Å². The van der Waals surface area contributed by atoms with E-state index in [-0.39, 0.29) is 0 Å². The number of hydrogen-bond acceptors (Lipinski definition) is 5. The molecular formula is C22H31N5O2S. The maximum Gasteiger partial charge on any atom is 0.314 e. The molecule has 0 saturated heterocycles. The van der Waals surface area contributed by atoms with Crippen LogP contribution >= 0.6 is 11.8 Å². The molecule has 1 aliphatic heterocycles. The number of fused-ring (bicyclic) bond motifs is 1. The van der Waals surface area contributed by atoms with Gasteiger partial charge in [-0.15, -0.1) is 0 Å². The number of aromatic nitrogens is 2. The standard InChI is InChI=1S/C22H31N5O2S/c1-5-26(6-2)11-7-10-23-21(28)22(29)24-20-17-13-30-14-18(17)25-27(20)19-9-8-15(3)12-16(19)4/h8-9,12H,5-7,10-11,13-14H2,1-4H3,(H,23,28)(H,24,29). The molecule has 7 nitrogen and oxygen atoms in total. The first-order valence-electron chi connectivity index (χ1n) is 10.5. The third kappa shape index (κ3) is 5.05. The summed E-state index contributed by atoms with van der Waals surface area (Å²) < 4.78 is 1.77. The van der Waals surface area contributed by atoms with E-state index in [0.717, 1.165) is 60.1 Å². The minimum absolute atomic E-state index is 0.479. The number of amides is 2. The van der Waals surface area contributed by atoms with Gasteiger partial charge in [0.25, 0.3) is 0 Å². The molecule has 0 saturated carbocycles. The quantitative estimate of drug-likeness (QED) is 0.498. The summed E-state index contributed by atoms with van der Waals surface area (Å²) in [5.41, 5.74) is 5.12. The van der Waals surface area contributed by atoms with Crippen LogP contribution in [0.5, 0.6) is 0 Å². The Kier molecular flexibility index (Phi) is 7.55. The van der Waals surface area contributed by atoms with Crippen molar-refractivity contribution in [2.45, 2.75) is 45.6 Å². The van der Waals surface area contributed by atoms with Crippen LogP contribution in [-0.4, -0.2) is 52.7 Å². The minimum atomic E-state index is -0.650. The van der Waals surface area contributed by atoms with Crippen molar-refractivity contribution < 1.29 is 9.59 Å². The first-order valence-corrected chi connectivity index (χ1v) is 11.7. The van der Waals surface area contributed by atoms with Crippen molar-refractivity contribution in [3.63, 3.8) is 0 Å². The van der Waals surface area contributed by atoms with E-state index in [1.807, 2.05) is 26.0 Å². The molecule has 1 aliphatic rings. The summed E-state index contributed by atoms with van der Waals surface area (Å²) in [5.74, 6) is 0.936. The second-order valence-electron chi connectivity index (χ2n) is 7.56. The Balaban J connectivity index is 1.70. The number of hydrogen-bond donors (Lipinski definition) is 2. The zero-order valence-electron chi connectivity index (χ0n) is 18.2. The summed E-state index contributed by atoms with van der Waals surface area (Å²) >= 11 is 1.76. The van der Waals surface area contributed by atoms with Gasteiger partial charge in [-0.3, -0.25) is 9.59 Å². The lowest BCUT2D eigenvalue weighted by Gasteiger charge is -2.17. The predicted octanol–water partition coefficient (Wildman–Crippen LogP) is 3.02. The Morgan fingerprint density at radius 3 is 2.63 bits per heavy atom. The van der Waals surface area contributed by atoms with Crippen molar-refractivity contribution in [2.24, 2.45) is 0 Å². The summed E-state index contributed by atoms with van der Waals surface area (Å²) in [6.07, 6.45) is 0.813. The number of nitrogens with one attached hydrogen (secondary N) is 2. The average molecular weight is 430 g/mol. The number of carbonyl (C=O) groups is 2. The number of aryl methyl sites for hydroxylation is 2. The van der Waals surface area contributed by atoms with Gasteiger partial charge in [0.1, 0.15) is 5.82 Å². The van der Waals surface area contributed by atoms with Gasteiger partial charge in [-0.2, -0.15) is 16.9 Å². The Hall–Kier alpha value is -2.32. The van der Waals surface area contributed by atoms with E-state index in [4.69, 9.17) is 5.10 Å². The fourth-order valence-corrected chi connectivity index (χ4v) is 4.68. The van der Waals surface area contributed by atoms with E-state index in [1.54, 1.807) is 16.4 Å². The summed E-state index contributed by atoms with van der Waals surface area (Å²) in [4.78, 5) is 27.2. The van der Waals surface area contributed by atoms with Crippen molar-refractivity contribution in [2.75, 3.05) is 31.5 Å². The number of rotatable bonds is 8. The first-order chi connectivity index (χ1) is 14.4. The SMILES string of the molecule is CCN(CC)CCCNC(=O)C(=O)Nc1c2c(nn1-c1ccc(C)cc1C)CSC2. The smallest absolute Gasteiger partial charge is 0.314 e. The summed E-state index contributed by atoms with van der Waals surface area (Å²) in [6, 6.07) is 6.12. The van der Waals surface area contributed by atoms with Crippen molar-refractivity contribution in [1.29, 1.82) is 0 Å². The second-order valence-corrected chi connectivity index (χ2v) is 8.54. The summed E-state index contributed by atoms with van der Waals surface area (Å²) in [6.45, 7) is 11.7. The molecule has 2 aromatic rings. The lowest BCUT2D eigenvalue weighted by molar-refractivity contribution is -0.136. The van der Waals surface area contributed by atoms with E-state index >= 15 is 0 Å². The molecule has 0 unspecified atom stereocenters. The summed E-state index contributed by atoms with van der Waals surface area (Å²) in [7, 11) is 0. The monoisotopic (exact) mass is 429 g/mol. The molecule has 3 rings (SSSR count). The molecule has 30 heavy (non-hydrogen) atoms. The van der Waals surface area contributed by atoms with Crippen LogP contribution in [0.4, 0.5) is 5.82 Å².